The van der Waals surface area contributed by atoms with Crippen molar-refractivity contribution in [2.75, 3.05) is 5.32 Å². The number of nitrogens with zero attached hydrogens (tertiary/aromatic N) is 5. The molecule has 0 bridgehead atoms. The quantitative estimate of drug-likeness (QED) is 0.704. The van der Waals surface area contributed by atoms with Gasteiger partial charge in [0, 0.05) is 13.2 Å². The molecule has 2 heterocycles. The third-order valence-corrected chi connectivity index (χ3v) is 3.66. The Hall–Kier alpha value is -2.81. The molecule has 0 radical (unpaired) electrons. The van der Waals surface area contributed by atoms with Crippen LogP contribution < -0.4 is 5.32 Å². The Balaban J connectivity index is 1.92. The zero-order chi connectivity index (χ0) is 18.0. The van der Waals surface area contributed by atoms with Gasteiger partial charge in [-0.15, -0.1) is 16.7 Å². The minimum atomic E-state index is -2.85. The van der Waals surface area contributed by atoms with Crippen molar-refractivity contribution >= 4 is 23.2 Å². The molecule has 2 aromatic heterocycles. The number of aromatic nitrogens is 5. The predicted molar refractivity (Wildman–Crippen MR) is 87.0 cm³/mol. The molecule has 7 nitrogen and oxygen atoms in total. The molecular weight excluding hydrogens is 354 g/mol. The number of amides is 1. The standard InChI is InChI=1S/C15H13ClF2N6O/c1-23-8-10(13(21-23)14(17)18)15(25)19-11-4-2-3-5-12(11)24-7-9(6-16)20-22-24/h2-5,7-8,14H,6H2,1H3,(H,19,25). The van der Waals surface area contributed by atoms with E-state index in [-0.39, 0.29) is 11.4 Å². The maximum Gasteiger partial charge on any atom is 0.282 e. The first kappa shape index (κ1) is 17.0. The normalized spacial score (nSPS) is 11.1. The molecule has 3 aromatic rings. The van der Waals surface area contributed by atoms with Crippen LogP contribution in [0.5, 0.6) is 0 Å². The molecule has 0 unspecified atom stereocenters. The summed E-state index contributed by atoms with van der Waals surface area (Å²) in [6, 6.07) is 6.80. The van der Waals surface area contributed by atoms with E-state index in [9.17, 15) is 13.6 Å². The number of hydrogen-bond acceptors (Lipinski definition) is 4. The molecule has 0 aliphatic heterocycles. The number of alkyl halides is 3. The van der Waals surface area contributed by atoms with Gasteiger partial charge in [0.05, 0.1) is 34.7 Å². The average molecular weight is 367 g/mol. The van der Waals surface area contributed by atoms with E-state index < -0.39 is 18.0 Å². The highest BCUT2D eigenvalue weighted by molar-refractivity contribution is 6.16. The van der Waals surface area contributed by atoms with Crippen molar-refractivity contribution in [3.8, 4) is 5.69 Å². The molecule has 10 heteroatoms. The lowest BCUT2D eigenvalue weighted by Crippen LogP contribution is -2.15. The summed E-state index contributed by atoms with van der Waals surface area (Å²) in [4.78, 5) is 12.4. The van der Waals surface area contributed by atoms with E-state index in [1.807, 2.05) is 0 Å². The molecule has 0 fully saturated rings. The van der Waals surface area contributed by atoms with Gasteiger partial charge in [-0.3, -0.25) is 9.48 Å². The summed E-state index contributed by atoms with van der Waals surface area (Å²) >= 11 is 5.72. The van der Waals surface area contributed by atoms with Gasteiger partial charge in [0.15, 0.2) is 0 Å². The van der Waals surface area contributed by atoms with E-state index in [0.29, 0.717) is 17.1 Å². The Morgan fingerprint density at radius 2 is 2.08 bits per heavy atom. The monoisotopic (exact) mass is 366 g/mol. The number of halogens is 3. The fraction of sp³-hybridized carbons (Fsp3) is 0.200. The molecule has 0 saturated carbocycles. The molecule has 25 heavy (non-hydrogen) atoms. The van der Waals surface area contributed by atoms with Crippen LogP contribution in [0.4, 0.5) is 14.5 Å². The summed E-state index contributed by atoms with van der Waals surface area (Å²) in [6.45, 7) is 0. The zero-order valence-corrected chi connectivity index (χ0v) is 13.8. The second-order valence-electron chi connectivity index (χ2n) is 5.16. The van der Waals surface area contributed by atoms with Crippen LogP contribution in [-0.4, -0.2) is 30.7 Å². The number of rotatable bonds is 5. The van der Waals surface area contributed by atoms with E-state index >= 15 is 0 Å². The smallest absolute Gasteiger partial charge is 0.282 e. The van der Waals surface area contributed by atoms with Crippen molar-refractivity contribution < 1.29 is 13.6 Å². The highest BCUT2D eigenvalue weighted by Crippen LogP contribution is 2.24. The van der Waals surface area contributed by atoms with Crippen LogP contribution in [0.25, 0.3) is 5.69 Å². The Kier molecular flexibility index (Phi) is 4.75. The number of benzene rings is 1. The minimum Gasteiger partial charge on any atom is -0.320 e. The maximum absolute atomic E-state index is 13.0. The fourth-order valence-corrected chi connectivity index (χ4v) is 2.41. The van der Waals surface area contributed by atoms with Crippen molar-refractivity contribution in [2.45, 2.75) is 12.3 Å². The fourth-order valence-electron chi connectivity index (χ4n) is 2.29. The van der Waals surface area contributed by atoms with Gasteiger partial charge < -0.3 is 5.32 Å². The van der Waals surface area contributed by atoms with Crippen LogP contribution in [0, 0.1) is 0 Å². The Labute approximate surface area is 146 Å². The predicted octanol–water partition coefficient (Wildman–Crippen LogP) is 2.93. The Morgan fingerprint density at radius 1 is 1.32 bits per heavy atom. The van der Waals surface area contributed by atoms with Gasteiger partial charge in [0.1, 0.15) is 5.69 Å². The molecular formula is C15H13ClF2N6O. The van der Waals surface area contributed by atoms with Crippen LogP contribution in [0.15, 0.2) is 36.7 Å². The highest BCUT2D eigenvalue weighted by atomic mass is 35.5. The van der Waals surface area contributed by atoms with E-state index in [1.165, 1.54) is 22.6 Å². The van der Waals surface area contributed by atoms with Gasteiger partial charge in [-0.25, -0.2) is 13.5 Å². The molecule has 1 aromatic carbocycles. The largest absolute Gasteiger partial charge is 0.320 e. The van der Waals surface area contributed by atoms with Crippen LogP contribution >= 0.6 is 11.6 Å². The number of nitrogens with one attached hydrogen (secondary N) is 1. The molecule has 130 valence electrons. The summed E-state index contributed by atoms with van der Waals surface area (Å²) in [5, 5.41) is 14.1. The van der Waals surface area contributed by atoms with E-state index in [4.69, 9.17) is 11.6 Å². The second kappa shape index (κ2) is 6.98. The number of carbonyl (C=O) groups excluding carboxylic acids is 1. The summed E-state index contributed by atoms with van der Waals surface area (Å²) in [5.74, 6) is -0.490. The summed E-state index contributed by atoms with van der Waals surface area (Å²) < 4.78 is 28.7. The molecule has 3 rings (SSSR count). The molecule has 0 aliphatic carbocycles. The van der Waals surface area contributed by atoms with Crippen molar-refractivity contribution in [3.63, 3.8) is 0 Å². The van der Waals surface area contributed by atoms with Crippen molar-refractivity contribution in [3.05, 3.63) is 53.6 Å². The number of anilines is 1. The van der Waals surface area contributed by atoms with Crippen molar-refractivity contribution in [2.24, 2.45) is 7.05 Å². The first-order chi connectivity index (χ1) is 12.0. The number of carbonyl (C=O) groups is 1. The van der Waals surface area contributed by atoms with Crippen molar-refractivity contribution in [1.82, 2.24) is 24.8 Å². The van der Waals surface area contributed by atoms with Gasteiger partial charge in [0.25, 0.3) is 12.3 Å². The Morgan fingerprint density at radius 3 is 2.76 bits per heavy atom. The molecule has 0 aliphatic rings. The minimum absolute atomic E-state index is 0.188. The molecule has 0 atom stereocenters. The third kappa shape index (κ3) is 3.50. The molecule has 1 amide bonds. The van der Waals surface area contributed by atoms with Gasteiger partial charge >= 0.3 is 0 Å². The lowest BCUT2D eigenvalue weighted by atomic mass is 10.2. The van der Waals surface area contributed by atoms with E-state index in [1.54, 1.807) is 30.5 Å². The number of para-hydroxylation sites is 2. The highest BCUT2D eigenvalue weighted by Gasteiger charge is 2.23. The van der Waals surface area contributed by atoms with Crippen LogP contribution in [-0.2, 0) is 12.9 Å². The first-order valence-electron chi connectivity index (χ1n) is 7.19. The SMILES string of the molecule is Cn1cc(C(=O)Nc2ccccc2-n2cc(CCl)nn2)c(C(F)F)n1. The van der Waals surface area contributed by atoms with E-state index in [2.05, 4.69) is 20.7 Å². The van der Waals surface area contributed by atoms with Crippen molar-refractivity contribution in [1.29, 1.82) is 0 Å². The first-order valence-corrected chi connectivity index (χ1v) is 7.72. The Bertz CT molecular complexity index is 907. The summed E-state index contributed by atoms with van der Waals surface area (Å²) in [6.07, 6.45) is 0.0199. The van der Waals surface area contributed by atoms with Crippen LogP contribution in [0.3, 0.4) is 0 Å². The summed E-state index contributed by atoms with van der Waals surface area (Å²) in [7, 11) is 1.47. The van der Waals surface area contributed by atoms with Gasteiger partial charge in [-0.1, -0.05) is 17.3 Å². The van der Waals surface area contributed by atoms with E-state index in [0.717, 1.165) is 0 Å². The molecule has 0 saturated heterocycles. The zero-order valence-electron chi connectivity index (χ0n) is 13.0. The topological polar surface area (TPSA) is 77.6 Å². The molecule has 1 N–H and O–H groups in total. The maximum atomic E-state index is 13.0. The van der Waals surface area contributed by atoms with Gasteiger partial charge in [0.2, 0.25) is 0 Å². The van der Waals surface area contributed by atoms with Gasteiger partial charge in [-0.05, 0) is 12.1 Å². The van der Waals surface area contributed by atoms with Crippen LogP contribution in [0.1, 0.15) is 28.2 Å². The van der Waals surface area contributed by atoms with Gasteiger partial charge in [-0.2, -0.15) is 5.10 Å². The average Bonchev–Trinajstić information content (AvgIpc) is 3.22. The van der Waals surface area contributed by atoms with Crippen LogP contribution in [0.2, 0.25) is 0 Å². The number of hydrogen-bond donors (Lipinski definition) is 1. The summed E-state index contributed by atoms with van der Waals surface area (Å²) in [5.41, 5.74) is 0.731. The third-order valence-electron chi connectivity index (χ3n) is 3.39. The number of aryl methyl sites for hydroxylation is 1. The lowest BCUT2D eigenvalue weighted by molar-refractivity contribution is 0.101. The molecule has 0 spiro atoms. The second-order valence-corrected chi connectivity index (χ2v) is 5.43. The lowest BCUT2D eigenvalue weighted by Gasteiger charge is -2.10.